The lowest BCUT2D eigenvalue weighted by molar-refractivity contribution is 0.399. The topological polar surface area (TPSA) is 43.4 Å². The first-order valence-corrected chi connectivity index (χ1v) is 7.76. The van der Waals surface area contributed by atoms with Gasteiger partial charge in [0.15, 0.2) is 0 Å². The summed E-state index contributed by atoms with van der Waals surface area (Å²) in [4.78, 5) is 4.49. The Morgan fingerprint density at radius 1 is 0.875 bits per heavy atom. The Balaban J connectivity index is 1.71. The Labute approximate surface area is 142 Å². The molecule has 0 unspecified atom stereocenters. The Morgan fingerprint density at radius 3 is 2.38 bits per heavy atom. The third kappa shape index (κ3) is 3.66. The van der Waals surface area contributed by atoms with E-state index in [1.54, 1.807) is 14.2 Å². The number of aromatic nitrogens is 1. The third-order valence-corrected chi connectivity index (χ3v) is 3.82. The number of nitrogens with one attached hydrogen (secondary N) is 1. The van der Waals surface area contributed by atoms with Crippen LogP contribution in [0.3, 0.4) is 0 Å². The van der Waals surface area contributed by atoms with Gasteiger partial charge in [0.2, 0.25) is 0 Å². The number of hydrogen-bond acceptors (Lipinski definition) is 4. The van der Waals surface area contributed by atoms with E-state index in [9.17, 15) is 0 Å². The molecule has 3 rings (SSSR count). The maximum atomic E-state index is 5.39. The van der Waals surface area contributed by atoms with E-state index in [0.29, 0.717) is 6.54 Å². The lowest BCUT2D eigenvalue weighted by Crippen LogP contribution is -2.03. The van der Waals surface area contributed by atoms with Crippen molar-refractivity contribution in [3.63, 3.8) is 0 Å². The van der Waals surface area contributed by atoms with Gasteiger partial charge in [-0.15, -0.1) is 0 Å². The minimum atomic E-state index is 0.609. The van der Waals surface area contributed by atoms with Crippen molar-refractivity contribution in [2.24, 2.45) is 0 Å². The zero-order valence-electron chi connectivity index (χ0n) is 13.8. The fourth-order valence-corrected chi connectivity index (χ4v) is 2.51. The first-order valence-electron chi connectivity index (χ1n) is 7.76. The Hall–Kier alpha value is -3.01. The average Bonchev–Trinajstić information content (AvgIpc) is 2.67. The van der Waals surface area contributed by atoms with Crippen molar-refractivity contribution >= 4 is 5.82 Å². The highest BCUT2D eigenvalue weighted by molar-refractivity contribution is 5.63. The normalized spacial score (nSPS) is 10.2. The number of rotatable bonds is 6. The van der Waals surface area contributed by atoms with Gasteiger partial charge in [-0.05, 0) is 35.9 Å². The smallest absolute Gasteiger partial charge is 0.126 e. The number of pyridine rings is 1. The minimum Gasteiger partial charge on any atom is -0.497 e. The quantitative estimate of drug-likeness (QED) is 0.732. The van der Waals surface area contributed by atoms with E-state index in [4.69, 9.17) is 9.47 Å². The van der Waals surface area contributed by atoms with Crippen molar-refractivity contribution in [1.82, 2.24) is 4.98 Å². The largest absolute Gasteiger partial charge is 0.497 e. The van der Waals surface area contributed by atoms with Gasteiger partial charge >= 0.3 is 0 Å². The maximum Gasteiger partial charge on any atom is 0.126 e. The van der Waals surface area contributed by atoms with Crippen molar-refractivity contribution in [2.45, 2.75) is 6.54 Å². The molecule has 0 aliphatic heterocycles. The van der Waals surface area contributed by atoms with Gasteiger partial charge in [-0.1, -0.05) is 30.3 Å². The van der Waals surface area contributed by atoms with Crippen LogP contribution in [0.2, 0.25) is 0 Å². The van der Waals surface area contributed by atoms with Crippen molar-refractivity contribution in [1.29, 1.82) is 0 Å². The van der Waals surface area contributed by atoms with E-state index >= 15 is 0 Å². The first kappa shape index (κ1) is 15.9. The van der Waals surface area contributed by atoms with Crippen LogP contribution in [0.25, 0.3) is 11.1 Å². The second-order valence-electron chi connectivity index (χ2n) is 5.33. The summed E-state index contributed by atoms with van der Waals surface area (Å²) in [5.74, 6) is 2.45. The van der Waals surface area contributed by atoms with Gasteiger partial charge in [-0.25, -0.2) is 4.98 Å². The second kappa shape index (κ2) is 7.51. The molecule has 1 N–H and O–H groups in total. The van der Waals surface area contributed by atoms with Crippen LogP contribution in [0.15, 0.2) is 66.9 Å². The Bertz CT molecular complexity index is 786. The number of nitrogens with zero attached hydrogens (tertiary/aromatic N) is 1. The van der Waals surface area contributed by atoms with E-state index in [2.05, 4.69) is 28.5 Å². The fourth-order valence-electron chi connectivity index (χ4n) is 2.51. The summed E-state index contributed by atoms with van der Waals surface area (Å²) in [7, 11) is 3.32. The molecule has 0 amide bonds. The van der Waals surface area contributed by atoms with Gasteiger partial charge in [0.05, 0.1) is 14.2 Å². The zero-order chi connectivity index (χ0) is 16.8. The molecule has 122 valence electrons. The summed E-state index contributed by atoms with van der Waals surface area (Å²) >= 11 is 0. The number of ether oxygens (including phenoxy) is 2. The molecular formula is C20H20N2O2. The van der Waals surface area contributed by atoms with Crippen molar-refractivity contribution < 1.29 is 9.47 Å². The monoisotopic (exact) mass is 320 g/mol. The molecule has 4 nitrogen and oxygen atoms in total. The van der Waals surface area contributed by atoms with Gasteiger partial charge in [0, 0.05) is 23.9 Å². The molecule has 0 aliphatic carbocycles. The van der Waals surface area contributed by atoms with Crippen molar-refractivity contribution in [3.05, 3.63) is 72.4 Å². The molecular weight excluding hydrogens is 300 g/mol. The molecule has 0 radical (unpaired) electrons. The molecule has 1 aromatic heterocycles. The van der Waals surface area contributed by atoms with Crippen LogP contribution in [-0.4, -0.2) is 19.2 Å². The zero-order valence-corrected chi connectivity index (χ0v) is 13.8. The lowest BCUT2D eigenvalue weighted by Gasteiger charge is -2.12. The van der Waals surface area contributed by atoms with Gasteiger partial charge in [0.1, 0.15) is 17.3 Å². The van der Waals surface area contributed by atoms with Crippen LogP contribution in [0.1, 0.15) is 5.56 Å². The van der Waals surface area contributed by atoms with E-state index in [0.717, 1.165) is 34.0 Å². The molecule has 0 saturated heterocycles. The molecule has 0 saturated carbocycles. The highest BCUT2D eigenvalue weighted by Gasteiger charge is 2.05. The molecule has 0 spiro atoms. The summed E-state index contributed by atoms with van der Waals surface area (Å²) in [6.45, 7) is 0.609. The number of methoxy groups -OCH3 is 2. The number of hydrogen-bond donors (Lipinski definition) is 1. The van der Waals surface area contributed by atoms with Crippen molar-refractivity contribution in [3.8, 4) is 22.6 Å². The van der Waals surface area contributed by atoms with Crippen molar-refractivity contribution in [2.75, 3.05) is 19.5 Å². The lowest BCUT2D eigenvalue weighted by atomic mass is 10.1. The van der Waals surface area contributed by atoms with Crippen LogP contribution in [0, 0.1) is 0 Å². The Kier molecular flexibility index (Phi) is 4.96. The van der Waals surface area contributed by atoms with Gasteiger partial charge in [-0.3, -0.25) is 0 Å². The molecule has 2 aromatic carbocycles. The Morgan fingerprint density at radius 2 is 1.71 bits per heavy atom. The molecule has 0 atom stereocenters. The van der Waals surface area contributed by atoms with E-state index < -0.39 is 0 Å². The van der Waals surface area contributed by atoms with Crippen LogP contribution < -0.4 is 14.8 Å². The van der Waals surface area contributed by atoms with E-state index in [1.807, 2.05) is 48.7 Å². The molecule has 3 aromatic rings. The highest BCUT2D eigenvalue weighted by Crippen LogP contribution is 2.25. The predicted molar refractivity (Wildman–Crippen MR) is 96.5 cm³/mol. The average molecular weight is 320 g/mol. The van der Waals surface area contributed by atoms with Gasteiger partial charge < -0.3 is 14.8 Å². The van der Waals surface area contributed by atoms with E-state index in [-0.39, 0.29) is 0 Å². The summed E-state index contributed by atoms with van der Waals surface area (Å²) in [6.07, 6.45) is 1.88. The maximum absolute atomic E-state index is 5.39. The summed E-state index contributed by atoms with van der Waals surface area (Å²) < 4.78 is 10.7. The number of benzene rings is 2. The number of anilines is 1. The summed E-state index contributed by atoms with van der Waals surface area (Å²) in [6, 6.07) is 20.0. The molecule has 4 heteroatoms. The van der Waals surface area contributed by atoms with Crippen LogP contribution in [-0.2, 0) is 6.54 Å². The van der Waals surface area contributed by atoms with E-state index in [1.165, 1.54) is 0 Å². The first-order chi connectivity index (χ1) is 11.8. The fraction of sp³-hybridized carbons (Fsp3) is 0.150. The molecule has 24 heavy (non-hydrogen) atoms. The SMILES string of the molecule is COc1ccc(OC)c(CNc2ccc(-c3ccccc3)cn2)c1. The van der Waals surface area contributed by atoms with Crippen LogP contribution >= 0.6 is 0 Å². The standard InChI is InChI=1S/C20H20N2O2/c1-23-18-9-10-19(24-2)17(12-18)14-22-20-11-8-16(13-21-20)15-6-4-3-5-7-15/h3-13H,14H2,1-2H3,(H,21,22). The minimum absolute atomic E-state index is 0.609. The summed E-state index contributed by atoms with van der Waals surface area (Å²) in [5, 5.41) is 3.32. The van der Waals surface area contributed by atoms with Gasteiger partial charge in [-0.2, -0.15) is 0 Å². The highest BCUT2D eigenvalue weighted by atomic mass is 16.5. The summed E-state index contributed by atoms with van der Waals surface area (Å²) in [5.41, 5.74) is 3.27. The third-order valence-electron chi connectivity index (χ3n) is 3.82. The molecule has 0 bridgehead atoms. The van der Waals surface area contributed by atoms with Crippen LogP contribution in [0.4, 0.5) is 5.82 Å². The molecule has 0 fully saturated rings. The van der Waals surface area contributed by atoms with Crippen LogP contribution in [0.5, 0.6) is 11.5 Å². The van der Waals surface area contributed by atoms with Gasteiger partial charge in [0.25, 0.3) is 0 Å². The molecule has 1 heterocycles. The second-order valence-corrected chi connectivity index (χ2v) is 5.33. The predicted octanol–water partition coefficient (Wildman–Crippen LogP) is 4.38. The molecule has 0 aliphatic rings.